The minimum Gasteiger partial charge on any atom is -0.303 e. The third-order valence-corrected chi connectivity index (χ3v) is 4.70. The van der Waals surface area contributed by atoms with E-state index in [4.69, 9.17) is 4.98 Å². The zero-order valence-corrected chi connectivity index (χ0v) is 13.5. The van der Waals surface area contributed by atoms with E-state index in [1.165, 1.54) is 33.5 Å². The van der Waals surface area contributed by atoms with Crippen molar-refractivity contribution in [3.05, 3.63) is 53.0 Å². The molecule has 4 rings (SSSR count). The fourth-order valence-corrected chi connectivity index (χ4v) is 3.34. The van der Waals surface area contributed by atoms with Crippen molar-refractivity contribution in [1.82, 2.24) is 9.55 Å². The van der Waals surface area contributed by atoms with Crippen LogP contribution in [0.1, 0.15) is 22.5 Å². The average Bonchev–Trinajstić information content (AvgIpc) is 3.04. The van der Waals surface area contributed by atoms with Gasteiger partial charge in [0.1, 0.15) is 18.4 Å². The van der Waals surface area contributed by atoms with Gasteiger partial charge in [-0.1, -0.05) is 12.1 Å². The third-order valence-electron chi connectivity index (χ3n) is 4.70. The van der Waals surface area contributed by atoms with Gasteiger partial charge in [0.15, 0.2) is 6.20 Å². The van der Waals surface area contributed by atoms with Crippen molar-refractivity contribution < 1.29 is 4.57 Å². The van der Waals surface area contributed by atoms with Crippen LogP contribution in [-0.2, 0) is 13.5 Å². The molecule has 0 fully saturated rings. The Morgan fingerprint density at radius 3 is 2.73 bits per heavy atom. The van der Waals surface area contributed by atoms with Gasteiger partial charge in [0.25, 0.3) is 0 Å². The highest BCUT2D eigenvalue weighted by atomic mass is 15.1. The Kier molecular flexibility index (Phi) is 2.73. The first kappa shape index (κ1) is 13.3. The molecule has 110 valence electrons. The Morgan fingerprint density at radius 2 is 1.91 bits per heavy atom. The summed E-state index contributed by atoms with van der Waals surface area (Å²) < 4.78 is 4.42. The molecular formula is C19H20N3+. The largest absolute Gasteiger partial charge is 0.303 e. The van der Waals surface area contributed by atoms with Gasteiger partial charge in [0, 0.05) is 24.3 Å². The van der Waals surface area contributed by atoms with Crippen LogP contribution < -0.4 is 4.57 Å². The summed E-state index contributed by atoms with van der Waals surface area (Å²) in [5.74, 6) is 1.13. The predicted octanol–water partition coefficient (Wildman–Crippen LogP) is 3.48. The molecule has 22 heavy (non-hydrogen) atoms. The van der Waals surface area contributed by atoms with Crippen LogP contribution in [0.5, 0.6) is 0 Å². The van der Waals surface area contributed by atoms with Crippen LogP contribution >= 0.6 is 0 Å². The Hall–Kier alpha value is -2.42. The molecule has 0 amide bonds. The SMILES string of the molecule is Cc1cc(-c2c(C)ccc3c2nc2n3C=CC2)[n+](C)cc1C. The zero-order valence-electron chi connectivity index (χ0n) is 13.5. The van der Waals surface area contributed by atoms with Gasteiger partial charge in [0.05, 0.1) is 11.1 Å². The molecule has 1 aliphatic heterocycles. The topological polar surface area (TPSA) is 21.7 Å². The van der Waals surface area contributed by atoms with Gasteiger partial charge in [-0.05, 0) is 38.0 Å². The van der Waals surface area contributed by atoms with Crippen molar-refractivity contribution in [2.75, 3.05) is 0 Å². The fraction of sp³-hybridized carbons (Fsp3) is 0.263. The van der Waals surface area contributed by atoms with Crippen LogP contribution in [-0.4, -0.2) is 9.55 Å². The molecule has 0 N–H and O–H groups in total. The smallest absolute Gasteiger partial charge is 0.215 e. The van der Waals surface area contributed by atoms with Crippen LogP contribution in [0.4, 0.5) is 0 Å². The van der Waals surface area contributed by atoms with E-state index in [0.717, 1.165) is 17.8 Å². The second-order valence-corrected chi connectivity index (χ2v) is 6.25. The van der Waals surface area contributed by atoms with Gasteiger partial charge in [-0.25, -0.2) is 9.55 Å². The van der Waals surface area contributed by atoms with Crippen molar-refractivity contribution in [2.45, 2.75) is 27.2 Å². The molecular weight excluding hydrogens is 270 g/mol. The Morgan fingerprint density at radius 1 is 1.09 bits per heavy atom. The van der Waals surface area contributed by atoms with Crippen molar-refractivity contribution in [3.63, 3.8) is 0 Å². The molecule has 0 spiro atoms. The highest BCUT2D eigenvalue weighted by molar-refractivity contribution is 5.94. The molecule has 0 radical (unpaired) electrons. The number of nitrogens with zero attached hydrogens (tertiary/aromatic N) is 3. The maximum atomic E-state index is 4.91. The van der Waals surface area contributed by atoms with E-state index < -0.39 is 0 Å². The average molecular weight is 290 g/mol. The lowest BCUT2D eigenvalue weighted by Crippen LogP contribution is -2.31. The number of pyridine rings is 1. The van der Waals surface area contributed by atoms with Crippen LogP contribution in [0.15, 0.2) is 30.5 Å². The molecule has 1 aromatic carbocycles. The fourth-order valence-electron chi connectivity index (χ4n) is 3.34. The third kappa shape index (κ3) is 1.75. The lowest BCUT2D eigenvalue weighted by atomic mass is 10.0. The van der Waals surface area contributed by atoms with E-state index in [0.29, 0.717) is 0 Å². The molecule has 0 saturated heterocycles. The number of hydrogen-bond donors (Lipinski definition) is 0. The molecule has 3 heterocycles. The second-order valence-electron chi connectivity index (χ2n) is 6.25. The number of allylic oxidation sites excluding steroid dienone is 1. The summed E-state index contributed by atoms with van der Waals surface area (Å²) in [6.07, 6.45) is 7.42. The van der Waals surface area contributed by atoms with E-state index >= 15 is 0 Å². The molecule has 3 heteroatoms. The van der Waals surface area contributed by atoms with Crippen LogP contribution in [0.3, 0.4) is 0 Å². The van der Waals surface area contributed by atoms with E-state index in [-0.39, 0.29) is 0 Å². The van der Waals surface area contributed by atoms with E-state index in [2.05, 4.69) is 73.6 Å². The number of hydrogen-bond acceptors (Lipinski definition) is 1. The maximum absolute atomic E-state index is 4.91. The number of aromatic nitrogens is 3. The molecule has 0 unspecified atom stereocenters. The minimum absolute atomic E-state index is 0.923. The Labute approximate surface area is 130 Å². The zero-order chi connectivity index (χ0) is 15.4. The van der Waals surface area contributed by atoms with Crippen LogP contribution in [0, 0.1) is 20.8 Å². The molecule has 0 saturated carbocycles. The van der Waals surface area contributed by atoms with Gasteiger partial charge in [-0.15, -0.1) is 0 Å². The first-order chi connectivity index (χ1) is 10.6. The number of rotatable bonds is 1. The number of imidazole rings is 1. The first-order valence-electron chi connectivity index (χ1n) is 7.70. The van der Waals surface area contributed by atoms with Gasteiger partial charge in [0.2, 0.25) is 5.69 Å². The quantitative estimate of drug-likeness (QED) is 0.629. The van der Waals surface area contributed by atoms with Crippen molar-refractivity contribution >= 4 is 17.2 Å². The molecule has 1 aliphatic rings. The summed E-state index contributed by atoms with van der Waals surface area (Å²) in [7, 11) is 2.11. The predicted molar refractivity (Wildman–Crippen MR) is 89.6 cm³/mol. The van der Waals surface area contributed by atoms with Gasteiger partial charge >= 0.3 is 0 Å². The molecule has 0 atom stereocenters. The van der Waals surface area contributed by atoms with E-state index in [1.54, 1.807) is 0 Å². The minimum atomic E-state index is 0.923. The number of aryl methyl sites for hydroxylation is 4. The van der Waals surface area contributed by atoms with Gasteiger partial charge in [-0.2, -0.15) is 0 Å². The molecule has 2 aromatic heterocycles. The van der Waals surface area contributed by atoms with Gasteiger partial charge < -0.3 is 4.57 Å². The van der Waals surface area contributed by atoms with E-state index in [1.807, 2.05) is 0 Å². The summed E-state index contributed by atoms with van der Waals surface area (Å²) in [6.45, 7) is 6.50. The monoisotopic (exact) mass is 290 g/mol. The number of fused-ring (bicyclic) bond motifs is 3. The molecule has 0 bridgehead atoms. The molecule has 3 nitrogen and oxygen atoms in total. The lowest BCUT2D eigenvalue weighted by molar-refractivity contribution is -0.660. The summed E-state index contributed by atoms with van der Waals surface area (Å²) >= 11 is 0. The van der Waals surface area contributed by atoms with Crippen LogP contribution in [0.25, 0.3) is 28.5 Å². The highest BCUT2D eigenvalue weighted by Gasteiger charge is 2.22. The summed E-state index contributed by atoms with van der Waals surface area (Å²) in [5.41, 5.74) is 8.68. The first-order valence-corrected chi connectivity index (χ1v) is 7.70. The van der Waals surface area contributed by atoms with Crippen LogP contribution in [0.2, 0.25) is 0 Å². The Balaban J connectivity index is 2.09. The van der Waals surface area contributed by atoms with Crippen molar-refractivity contribution in [1.29, 1.82) is 0 Å². The second kappa shape index (κ2) is 4.54. The van der Waals surface area contributed by atoms with E-state index in [9.17, 15) is 0 Å². The summed E-state index contributed by atoms with van der Waals surface area (Å²) in [6, 6.07) is 6.66. The van der Waals surface area contributed by atoms with Gasteiger partial charge in [-0.3, -0.25) is 0 Å². The lowest BCUT2D eigenvalue weighted by Gasteiger charge is -2.08. The van der Waals surface area contributed by atoms with Crippen molar-refractivity contribution in [2.24, 2.45) is 7.05 Å². The summed E-state index contributed by atoms with van der Waals surface area (Å²) in [5, 5.41) is 0. The molecule has 0 aliphatic carbocycles. The normalized spacial score (nSPS) is 13.1. The maximum Gasteiger partial charge on any atom is 0.215 e. The number of benzene rings is 1. The molecule has 3 aromatic rings. The Bertz CT molecular complexity index is 945. The highest BCUT2D eigenvalue weighted by Crippen LogP contribution is 2.32. The summed E-state index contributed by atoms with van der Waals surface area (Å²) in [4.78, 5) is 4.91. The van der Waals surface area contributed by atoms with Crippen molar-refractivity contribution in [3.8, 4) is 11.3 Å². The standard InChI is InChI=1S/C19H20N3/c1-12-7-8-15-19(20-17-6-5-9-22(15)17)18(12)16-10-13(2)14(3)11-21(16)4/h5,7-11H,6H2,1-4H3/q+1.